The fraction of sp³-hybridized carbons (Fsp3) is 0.824. The summed E-state index contributed by atoms with van der Waals surface area (Å²) in [5.41, 5.74) is 0.808. The van der Waals surface area contributed by atoms with Gasteiger partial charge >= 0.3 is 0 Å². The summed E-state index contributed by atoms with van der Waals surface area (Å²) in [7, 11) is 4.01. The molecule has 25 heavy (non-hydrogen) atoms. The van der Waals surface area contributed by atoms with E-state index >= 15 is 0 Å². The second-order valence-corrected chi connectivity index (χ2v) is 7.24. The van der Waals surface area contributed by atoms with Crippen molar-refractivity contribution in [2.45, 2.75) is 52.0 Å². The summed E-state index contributed by atoms with van der Waals surface area (Å²) >= 11 is 0. The molecule has 1 aromatic rings. The molecule has 0 aromatic carbocycles. The number of likely N-dealkylation sites (N-methyl/N-ethyl adjacent to an activating group) is 1. The van der Waals surface area contributed by atoms with Gasteiger partial charge in [0.15, 0.2) is 0 Å². The molecule has 0 radical (unpaired) electrons. The molecule has 0 spiro atoms. The molecule has 1 amide bonds. The lowest BCUT2D eigenvalue weighted by Gasteiger charge is -2.34. The van der Waals surface area contributed by atoms with Crippen LogP contribution in [0.1, 0.15) is 32.4 Å². The summed E-state index contributed by atoms with van der Waals surface area (Å²) < 4.78 is 7.87. The van der Waals surface area contributed by atoms with Crippen LogP contribution in [0.5, 0.6) is 0 Å². The minimum Gasteiger partial charge on any atom is -0.394 e. The van der Waals surface area contributed by atoms with Crippen LogP contribution in [-0.2, 0) is 22.7 Å². The first-order valence-corrected chi connectivity index (χ1v) is 8.96. The third kappa shape index (κ3) is 5.76. The van der Waals surface area contributed by atoms with E-state index in [4.69, 9.17) is 4.74 Å². The van der Waals surface area contributed by atoms with Crippen LogP contribution in [0.2, 0.25) is 0 Å². The van der Waals surface area contributed by atoms with Crippen molar-refractivity contribution >= 4 is 5.91 Å². The molecule has 0 saturated heterocycles. The number of rotatable bonds is 4. The maximum atomic E-state index is 12.7. The van der Waals surface area contributed by atoms with Crippen LogP contribution in [-0.4, -0.2) is 81.7 Å². The van der Waals surface area contributed by atoms with E-state index in [1.807, 2.05) is 27.2 Å². The Labute approximate surface area is 149 Å². The standard InChI is InChI=1S/C17H31N5O3/c1-13-8-22(14(2)11-23)17(24)6-5-7-21-9-15(18-19-21)12-25-16(13)10-20(3)4/h9,13-14,16,23H,5-8,10-12H2,1-4H3/t13-,14-,16+/m0/s1. The molecular formula is C17H31N5O3. The Bertz CT molecular complexity index is 548. The van der Waals surface area contributed by atoms with E-state index < -0.39 is 0 Å². The van der Waals surface area contributed by atoms with Gasteiger partial charge in [0.2, 0.25) is 5.91 Å². The van der Waals surface area contributed by atoms with Crippen molar-refractivity contribution in [2.24, 2.45) is 5.92 Å². The monoisotopic (exact) mass is 353 g/mol. The molecular weight excluding hydrogens is 322 g/mol. The average Bonchev–Trinajstić information content (AvgIpc) is 3.02. The molecule has 8 heteroatoms. The number of hydrogen-bond donors (Lipinski definition) is 1. The smallest absolute Gasteiger partial charge is 0.222 e. The molecule has 142 valence electrons. The predicted molar refractivity (Wildman–Crippen MR) is 93.8 cm³/mol. The number of ether oxygens (including phenoxy) is 1. The number of aryl methyl sites for hydroxylation is 1. The normalized spacial score (nSPS) is 24.6. The molecule has 0 saturated carbocycles. The number of fused-ring (bicyclic) bond motifs is 2. The van der Waals surface area contributed by atoms with Gasteiger partial charge < -0.3 is 19.6 Å². The zero-order valence-corrected chi connectivity index (χ0v) is 15.8. The number of aliphatic hydroxyl groups excluding tert-OH is 1. The zero-order chi connectivity index (χ0) is 18.4. The van der Waals surface area contributed by atoms with E-state index in [1.165, 1.54) is 0 Å². The lowest BCUT2D eigenvalue weighted by molar-refractivity contribution is -0.136. The largest absolute Gasteiger partial charge is 0.394 e. The number of aromatic nitrogens is 3. The second-order valence-electron chi connectivity index (χ2n) is 7.24. The summed E-state index contributed by atoms with van der Waals surface area (Å²) in [6, 6.07) is -0.197. The van der Waals surface area contributed by atoms with Crippen LogP contribution in [0.4, 0.5) is 0 Å². The quantitative estimate of drug-likeness (QED) is 0.842. The van der Waals surface area contributed by atoms with Crippen molar-refractivity contribution in [1.29, 1.82) is 0 Å². The Morgan fingerprint density at radius 1 is 1.48 bits per heavy atom. The van der Waals surface area contributed by atoms with Gasteiger partial charge in [0.25, 0.3) is 0 Å². The van der Waals surface area contributed by atoms with Crippen LogP contribution in [0.15, 0.2) is 6.20 Å². The molecule has 2 rings (SSSR count). The lowest BCUT2D eigenvalue weighted by atomic mass is 10.0. The molecule has 1 aliphatic rings. The Hall–Kier alpha value is -1.51. The van der Waals surface area contributed by atoms with Gasteiger partial charge in [0.1, 0.15) is 5.69 Å². The first-order chi connectivity index (χ1) is 11.9. The Morgan fingerprint density at radius 2 is 2.24 bits per heavy atom. The van der Waals surface area contributed by atoms with E-state index in [2.05, 4.69) is 22.1 Å². The first kappa shape index (κ1) is 19.8. The summed E-state index contributed by atoms with van der Waals surface area (Å²) in [6.45, 7) is 6.32. The molecule has 3 atom stereocenters. The molecule has 1 aliphatic heterocycles. The SMILES string of the molecule is C[C@H]1CN([C@@H](C)CO)C(=O)CCCn2cc(nn2)CO[C@@H]1CN(C)C. The first-order valence-electron chi connectivity index (χ1n) is 8.96. The lowest BCUT2D eigenvalue weighted by Crippen LogP contribution is -2.46. The number of nitrogens with zero attached hydrogens (tertiary/aromatic N) is 5. The van der Waals surface area contributed by atoms with Gasteiger partial charge in [-0.3, -0.25) is 9.48 Å². The maximum Gasteiger partial charge on any atom is 0.222 e. The van der Waals surface area contributed by atoms with Crippen molar-refractivity contribution < 1.29 is 14.6 Å². The van der Waals surface area contributed by atoms with Gasteiger partial charge in [-0.2, -0.15) is 0 Å². The van der Waals surface area contributed by atoms with Crippen molar-refractivity contribution in [2.75, 3.05) is 33.8 Å². The number of hydrogen-bond acceptors (Lipinski definition) is 6. The molecule has 0 unspecified atom stereocenters. The molecule has 8 nitrogen and oxygen atoms in total. The van der Waals surface area contributed by atoms with Gasteiger partial charge in [-0.15, -0.1) is 5.10 Å². The van der Waals surface area contributed by atoms with Gasteiger partial charge in [-0.1, -0.05) is 12.1 Å². The number of carbonyl (C=O) groups is 1. The van der Waals surface area contributed by atoms with Crippen molar-refractivity contribution in [1.82, 2.24) is 24.8 Å². The second kappa shape index (κ2) is 9.26. The predicted octanol–water partition coefficient (Wildman–Crippen LogP) is 0.364. The molecule has 1 N–H and O–H groups in total. The number of aliphatic hydroxyl groups is 1. The fourth-order valence-electron chi connectivity index (χ4n) is 3.05. The van der Waals surface area contributed by atoms with Crippen LogP contribution >= 0.6 is 0 Å². The Kier molecular flexibility index (Phi) is 7.34. The topological polar surface area (TPSA) is 83.7 Å². The van der Waals surface area contributed by atoms with E-state index in [0.29, 0.717) is 32.5 Å². The Morgan fingerprint density at radius 3 is 2.92 bits per heavy atom. The molecule has 0 fully saturated rings. The number of carbonyl (C=O) groups excluding carboxylic acids is 1. The third-order valence-corrected chi connectivity index (χ3v) is 4.59. The highest BCUT2D eigenvalue weighted by Crippen LogP contribution is 2.17. The zero-order valence-electron chi connectivity index (χ0n) is 15.8. The minimum absolute atomic E-state index is 0.0380. The minimum atomic E-state index is -0.197. The van der Waals surface area contributed by atoms with Crippen LogP contribution in [0, 0.1) is 5.92 Å². The molecule has 2 bridgehead atoms. The fourth-order valence-corrected chi connectivity index (χ4v) is 3.05. The van der Waals surface area contributed by atoms with Crippen molar-refractivity contribution in [3.63, 3.8) is 0 Å². The highest BCUT2D eigenvalue weighted by molar-refractivity contribution is 5.76. The highest BCUT2D eigenvalue weighted by Gasteiger charge is 2.27. The van der Waals surface area contributed by atoms with E-state index in [1.54, 1.807) is 9.58 Å². The average molecular weight is 353 g/mol. The molecule has 2 heterocycles. The van der Waals surface area contributed by atoms with Gasteiger partial charge in [-0.05, 0) is 27.4 Å². The van der Waals surface area contributed by atoms with Crippen LogP contribution in [0.25, 0.3) is 0 Å². The van der Waals surface area contributed by atoms with Gasteiger partial charge in [0, 0.05) is 32.0 Å². The van der Waals surface area contributed by atoms with E-state index in [9.17, 15) is 9.90 Å². The maximum absolute atomic E-state index is 12.7. The van der Waals surface area contributed by atoms with Gasteiger partial charge in [0.05, 0.1) is 31.6 Å². The summed E-state index contributed by atoms with van der Waals surface area (Å²) in [5.74, 6) is 0.202. The van der Waals surface area contributed by atoms with Crippen LogP contribution in [0.3, 0.4) is 0 Å². The van der Waals surface area contributed by atoms with Gasteiger partial charge in [-0.25, -0.2) is 0 Å². The van der Waals surface area contributed by atoms with Crippen molar-refractivity contribution in [3.8, 4) is 0 Å². The Balaban J connectivity index is 2.20. The number of amides is 1. The summed E-state index contributed by atoms with van der Waals surface area (Å²) in [6.07, 6.45) is 2.98. The highest BCUT2D eigenvalue weighted by atomic mass is 16.5. The summed E-state index contributed by atoms with van der Waals surface area (Å²) in [4.78, 5) is 16.5. The van der Waals surface area contributed by atoms with E-state index in [0.717, 1.165) is 12.2 Å². The van der Waals surface area contributed by atoms with Crippen LogP contribution < -0.4 is 0 Å². The summed E-state index contributed by atoms with van der Waals surface area (Å²) in [5, 5.41) is 17.8. The van der Waals surface area contributed by atoms with E-state index in [-0.39, 0.29) is 30.6 Å². The molecule has 1 aromatic heterocycles. The van der Waals surface area contributed by atoms with Crippen molar-refractivity contribution in [3.05, 3.63) is 11.9 Å². The molecule has 0 aliphatic carbocycles. The third-order valence-electron chi connectivity index (χ3n) is 4.59.